The van der Waals surface area contributed by atoms with Gasteiger partial charge in [-0.2, -0.15) is 0 Å². The molecule has 1 aliphatic carbocycles. The minimum absolute atomic E-state index is 0.157. The zero-order valence-corrected chi connectivity index (χ0v) is 11.1. The lowest BCUT2D eigenvalue weighted by molar-refractivity contribution is -0.145. The molecule has 3 unspecified atom stereocenters. The van der Waals surface area contributed by atoms with Gasteiger partial charge in [-0.15, -0.1) is 0 Å². The predicted molar refractivity (Wildman–Crippen MR) is 66.5 cm³/mol. The first-order chi connectivity index (χ1) is 8.93. The van der Waals surface area contributed by atoms with Gasteiger partial charge >= 0.3 is 18.0 Å². The van der Waals surface area contributed by atoms with Crippen LogP contribution >= 0.6 is 0 Å². The summed E-state index contributed by atoms with van der Waals surface area (Å²) in [4.78, 5) is 33.7. The van der Waals surface area contributed by atoms with Crippen molar-refractivity contribution in [3.05, 3.63) is 0 Å². The fourth-order valence-electron chi connectivity index (χ4n) is 2.09. The summed E-state index contributed by atoms with van der Waals surface area (Å²) in [6.07, 6.45) is 1.63. The fraction of sp³-hybridized carbons (Fsp3) is 0.750. The van der Waals surface area contributed by atoms with Gasteiger partial charge in [0, 0.05) is 6.04 Å². The van der Waals surface area contributed by atoms with Crippen LogP contribution in [0.1, 0.15) is 33.1 Å². The predicted octanol–water partition coefficient (Wildman–Crippen LogP) is 0.491. The number of esters is 1. The van der Waals surface area contributed by atoms with Crippen molar-refractivity contribution in [2.45, 2.75) is 45.2 Å². The minimum atomic E-state index is -0.829. The fourth-order valence-corrected chi connectivity index (χ4v) is 2.09. The maximum absolute atomic E-state index is 11.6. The number of carbonyl (C=O) groups is 3. The van der Waals surface area contributed by atoms with Gasteiger partial charge in [-0.25, -0.2) is 9.59 Å². The third-order valence-corrected chi connectivity index (χ3v) is 3.10. The van der Waals surface area contributed by atoms with Crippen LogP contribution in [0.4, 0.5) is 4.79 Å². The van der Waals surface area contributed by atoms with Crippen LogP contribution in [0.2, 0.25) is 0 Å². The summed E-state index contributed by atoms with van der Waals surface area (Å²) in [7, 11) is 0. The summed E-state index contributed by atoms with van der Waals surface area (Å²) in [6, 6.07) is -1.36. The van der Waals surface area contributed by atoms with E-state index in [1.807, 2.05) is 0 Å². The standard InChI is InChI=1S/C12H20N2O5/c1-3-19-11(17)7(2)13-12(18)14-9-5-4-8(6-9)10(15)16/h7-9H,3-6H2,1-2H3,(H,15,16)(H2,13,14,18). The molecule has 1 fully saturated rings. The molecule has 7 nitrogen and oxygen atoms in total. The van der Waals surface area contributed by atoms with E-state index in [1.165, 1.54) is 6.92 Å². The molecule has 0 radical (unpaired) electrons. The molecule has 1 saturated carbocycles. The van der Waals surface area contributed by atoms with Crippen molar-refractivity contribution in [2.75, 3.05) is 6.61 Å². The van der Waals surface area contributed by atoms with Crippen molar-refractivity contribution >= 4 is 18.0 Å². The second kappa shape index (κ2) is 6.96. The lowest BCUT2D eigenvalue weighted by atomic mass is 10.1. The van der Waals surface area contributed by atoms with Gasteiger partial charge in [0.1, 0.15) is 6.04 Å². The summed E-state index contributed by atoms with van der Waals surface area (Å²) >= 11 is 0. The minimum Gasteiger partial charge on any atom is -0.481 e. The van der Waals surface area contributed by atoms with Crippen molar-refractivity contribution in [3.8, 4) is 0 Å². The zero-order chi connectivity index (χ0) is 14.4. The maximum atomic E-state index is 11.6. The zero-order valence-electron chi connectivity index (χ0n) is 11.1. The van der Waals surface area contributed by atoms with Crippen molar-refractivity contribution < 1.29 is 24.2 Å². The number of urea groups is 1. The van der Waals surface area contributed by atoms with Crippen molar-refractivity contribution in [1.29, 1.82) is 0 Å². The molecule has 0 aliphatic heterocycles. The van der Waals surface area contributed by atoms with E-state index in [0.29, 0.717) is 19.3 Å². The van der Waals surface area contributed by atoms with Gasteiger partial charge in [0.2, 0.25) is 0 Å². The van der Waals surface area contributed by atoms with E-state index >= 15 is 0 Å². The normalized spacial score (nSPS) is 23.5. The number of carboxylic acid groups (broad SMARTS) is 1. The molecule has 0 saturated heterocycles. The second-order valence-electron chi connectivity index (χ2n) is 4.64. The van der Waals surface area contributed by atoms with E-state index < -0.39 is 29.9 Å². The van der Waals surface area contributed by atoms with Gasteiger partial charge in [0.25, 0.3) is 0 Å². The molecule has 0 aromatic carbocycles. The lowest BCUT2D eigenvalue weighted by Crippen LogP contribution is -2.47. The molecule has 0 heterocycles. The molecular weight excluding hydrogens is 252 g/mol. The Hall–Kier alpha value is -1.79. The first-order valence-corrected chi connectivity index (χ1v) is 6.40. The monoisotopic (exact) mass is 272 g/mol. The van der Waals surface area contributed by atoms with Crippen LogP contribution in [-0.2, 0) is 14.3 Å². The summed E-state index contributed by atoms with van der Waals surface area (Å²) in [5.74, 6) is -1.72. The number of nitrogens with one attached hydrogen (secondary N) is 2. The number of rotatable bonds is 5. The number of hydrogen-bond donors (Lipinski definition) is 3. The molecule has 3 atom stereocenters. The van der Waals surface area contributed by atoms with Gasteiger partial charge in [-0.05, 0) is 33.1 Å². The molecule has 1 rings (SSSR count). The number of ether oxygens (including phenoxy) is 1. The molecule has 19 heavy (non-hydrogen) atoms. The van der Waals surface area contributed by atoms with E-state index in [1.54, 1.807) is 6.92 Å². The Bertz CT molecular complexity index is 358. The highest BCUT2D eigenvalue weighted by Crippen LogP contribution is 2.25. The van der Waals surface area contributed by atoms with Crippen LogP contribution in [-0.4, -0.2) is 41.8 Å². The van der Waals surface area contributed by atoms with E-state index in [-0.39, 0.29) is 12.6 Å². The van der Waals surface area contributed by atoms with Crippen LogP contribution < -0.4 is 10.6 Å². The van der Waals surface area contributed by atoms with Gasteiger partial charge in [-0.3, -0.25) is 4.79 Å². The van der Waals surface area contributed by atoms with Crippen molar-refractivity contribution in [3.63, 3.8) is 0 Å². The van der Waals surface area contributed by atoms with Crippen LogP contribution in [0.15, 0.2) is 0 Å². The Balaban J connectivity index is 2.32. The summed E-state index contributed by atoms with van der Waals surface area (Å²) in [5.41, 5.74) is 0. The lowest BCUT2D eigenvalue weighted by Gasteiger charge is -2.16. The molecule has 0 aromatic rings. The van der Waals surface area contributed by atoms with Crippen molar-refractivity contribution in [1.82, 2.24) is 10.6 Å². The molecule has 3 N–H and O–H groups in total. The average Bonchev–Trinajstić information content (AvgIpc) is 2.77. The average molecular weight is 272 g/mol. The summed E-state index contributed by atoms with van der Waals surface area (Å²) < 4.78 is 4.76. The quantitative estimate of drug-likeness (QED) is 0.632. The van der Waals surface area contributed by atoms with Crippen LogP contribution in [0, 0.1) is 5.92 Å². The first-order valence-electron chi connectivity index (χ1n) is 6.40. The molecule has 0 aromatic heterocycles. The van der Waals surface area contributed by atoms with Crippen molar-refractivity contribution in [2.24, 2.45) is 5.92 Å². The summed E-state index contributed by atoms with van der Waals surface area (Å²) in [5, 5.41) is 14.0. The Labute approximate surface area is 111 Å². The molecule has 0 spiro atoms. The highest BCUT2D eigenvalue weighted by molar-refractivity contribution is 5.83. The molecule has 0 bridgehead atoms. The Morgan fingerprint density at radius 3 is 2.58 bits per heavy atom. The third-order valence-electron chi connectivity index (χ3n) is 3.10. The molecular formula is C12H20N2O5. The number of carbonyl (C=O) groups excluding carboxylic acids is 2. The van der Waals surface area contributed by atoms with Gasteiger partial charge in [-0.1, -0.05) is 0 Å². The highest BCUT2D eigenvalue weighted by Gasteiger charge is 2.30. The second-order valence-corrected chi connectivity index (χ2v) is 4.64. The molecule has 108 valence electrons. The molecule has 2 amide bonds. The maximum Gasteiger partial charge on any atom is 0.328 e. The number of aliphatic carboxylic acids is 1. The number of carboxylic acids is 1. The first kappa shape index (κ1) is 15.3. The Morgan fingerprint density at radius 1 is 1.37 bits per heavy atom. The highest BCUT2D eigenvalue weighted by atomic mass is 16.5. The molecule has 1 aliphatic rings. The van der Waals surface area contributed by atoms with E-state index in [9.17, 15) is 14.4 Å². The number of hydrogen-bond acceptors (Lipinski definition) is 4. The Morgan fingerprint density at radius 2 is 2.05 bits per heavy atom. The van der Waals surface area contributed by atoms with Gasteiger partial charge < -0.3 is 20.5 Å². The largest absolute Gasteiger partial charge is 0.481 e. The Kier molecular flexibility index (Phi) is 5.59. The van der Waals surface area contributed by atoms with Crippen LogP contribution in [0.3, 0.4) is 0 Å². The van der Waals surface area contributed by atoms with Gasteiger partial charge in [0.05, 0.1) is 12.5 Å². The van der Waals surface area contributed by atoms with Crippen LogP contribution in [0.5, 0.6) is 0 Å². The smallest absolute Gasteiger partial charge is 0.328 e. The van der Waals surface area contributed by atoms with Crippen LogP contribution in [0.25, 0.3) is 0 Å². The number of amides is 2. The van der Waals surface area contributed by atoms with E-state index in [0.717, 1.165) is 0 Å². The van der Waals surface area contributed by atoms with E-state index in [4.69, 9.17) is 9.84 Å². The SMILES string of the molecule is CCOC(=O)C(C)NC(=O)NC1CCC(C(=O)O)C1. The third kappa shape index (κ3) is 4.76. The molecule has 7 heteroatoms. The topological polar surface area (TPSA) is 105 Å². The summed E-state index contributed by atoms with van der Waals surface area (Å²) in [6.45, 7) is 3.48. The van der Waals surface area contributed by atoms with E-state index in [2.05, 4.69) is 10.6 Å². The van der Waals surface area contributed by atoms with Gasteiger partial charge in [0.15, 0.2) is 0 Å².